The normalized spacial score (nSPS) is 20.8. The van der Waals surface area contributed by atoms with Crippen molar-refractivity contribution < 1.29 is 41.2 Å². The van der Waals surface area contributed by atoms with Gasteiger partial charge in [-0.25, -0.2) is 9.37 Å². The number of halogens is 1. The van der Waals surface area contributed by atoms with Crippen LogP contribution < -0.4 is 10.6 Å². The van der Waals surface area contributed by atoms with Crippen LogP contribution in [0.25, 0.3) is 10.4 Å². The molecule has 15 heteroatoms. The zero-order valence-electron chi connectivity index (χ0n) is 26.0. The van der Waals surface area contributed by atoms with Crippen molar-refractivity contribution in [2.75, 3.05) is 32.6 Å². The Morgan fingerprint density at radius 2 is 1.84 bits per heavy atom. The lowest BCUT2D eigenvalue weighted by atomic mass is 9.85. The number of aliphatic hydroxyl groups excluding tert-OH is 1. The SMILES string of the molecule is Cc1ncsc1-c1ccc([C@H](COCCOS(C)(=O)=O)NC(=O)[C@@H]2C[C@@H](O)CN2C(=O)[C@@H](NC(=O)C2(F)CC2)C(C)(C)C)cc1. The number of nitrogens with one attached hydrogen (secondary N) is 2. The van der Waals surface area contributed by atoms with E-state index < -0.39 is 63.2 Å². The Hall–Kier alpha value is -2.98. The zero-order valence-corrected chi connectivity index (χ0v) is 27.7. The Morgan fingerprint density at radius 3 is 2.40 bits per heavy atom. The highest BCUT2D eigenvalue weighted by atomic mass is 32.2. The van der Waals surface area contributed by atoms with Crippen LogP contribution in [0.4, 0.5) is 4.39 Å². The van der Waals surface area contributed by atoms with E-state index in [0.717, 1.165) is 22.4 Å². The molecule has 12 nitrogen and oxygen atoms in total. The molecule has 2 heterocycles. The van der Waals surface area contributed by atoms with Gasteiger partial charge >= 0.3 is 0 Å². The molecule has 1 saturated heterocycles. The topological polar surface area (TPSA) is 164 Å². The van der Waals surface area contributed by atoms with E-state index in [-0.39, 0.29) is 45.6 Å². The lowest BCUT2D eigenvalue weighted by Crippen LogP contribution is -2.59. The third-order valence-corrected chi connectivity index (χ3v) is 9.37. The average Bonchev–Trinajstić information content (AvgIpc) is 3.36. The van der Waals surface area contributed by atoms with Gasteiger partial charge in [0.2, 0.25) is 11.8 Å². The second kappa shape index (κ2) is 13.8. The molecule has 0 unspecified atom stereocenters. The number of aliphatic hydroxyl groups is 1. The summed E-state index contributed by atoms with van der Waals surface area (Å²) in [7, 11) is -3.65. The largest absolute Gasteiger partial charge is 0.391 e. The van der Waals surface area contributed by atoms with Gasteiger partial charge in [0.25, 0.3) is 16.0 Å². The molecule has 4 atom stereocenters. The second-order valence-electron chi connectivity index (χ2n) is 12.7. The van der Waals surface area contributed by atoms with Gasteiger partial charge in [-0.15, -0.1) is 11.3 Å². The van der Waals surface area contributed by atoms with Crippen molar-refractivity contribution in [3.05, 3.63) is 41.0 Å². The maximum Gasteiger partial charge on any atom is 0.264 e. The maximum absolute atomic E-state index is 14.5. The highest BCUT2D eigenvalue weighted by molar-refractivity contribution is 7.85. The summed E-state index contributed by atoms with van der Waals surface area (Å²) in [5.41, 5.74) is 1.48. The minimum atomic E-state index is -3.65. The van der Waals surface area contributed by atoms with Crippen molar-refractivity contribution in [3.8, 4) is 10.4 Å². The van der Waals surface area contributed by atoms with Crippen molar-refractivity contribution in [2.24, 2.45) is 5.41 Å². The average molecular weight is 669 g/mol. The summed E-state index contributed by atoms with van der Waals surface area (Å²) in [5.74, 6) is -2.00. The van der Waals surface area contributed by atoms with Gasteiger partial charge in [0, 0.05) is 13.0 Å². The van der Waals surface area contributed by atoms with Crippen LogP contribution in [0.5, 0.6) is 0 Å². The molecule has 3 N–H and O–H groups in total. The fourth-order valence-corrected chi connectivity index (χ4v) is 6.28. The summed E-state index contributed by atoms with van der Waals surface area (Å²) in [6.45, 7) is 6.66. The van der Waals surface area contributed by atoms with E-state index >= 15 is 0 Å². The van der Waals surface area contributed by atoms with Gasteiger partial charge in [-0.2, -0.15) is 8.42 Å². The van der Waals surface area contributed by atoms with Crippen LogP contribution in [0.1, 0.15) is 57.3 Å². The number of aryl methyl sites for hydroxylation is 1. The molecule has 1 aromatic carbocycles. The van der Waals surface area contributed by atoms with E-state index in [2.05, 4.69) is 15.6 Å². The molecule has 1 aliphatic heterocycles. The predicted molar refractivity (Wildman–Crippen MR) is 165 cm³/mol. The molecule has 1 aromatic heterocycles. The Kier molecular flexibility index (Phi) is 10.7. The van der Waals surface area contributed by atoms with Crippen molar-refractivity contribution >= 4 is 39.2 Å². The number of hydrogen-bond acceptors (Lipinski definition) is 10. The van der Waals surface area contributed by atoms with Crippen LogP contribution in [0, 0.1) is 12.3 Å². The van der Waals surface area contributed by atoms with Gasteiger partial charge in [-0.3, -0.25) is 18.6 Å². The molecule has 2 aromatic rings. The molecule has 2 aliphatic rings. The Labute approximate surface area is 266 Å². The summed E-state index contributed by atoms with van der Waals surface area (Å²) in [6, 6.07) is 4.55. The maximum atomic E-state index is 14.5. The number of benzene rings is 1. The number of hydrogen-bond donors (Lipinski definition) is 3. The van der Waals surface area contributed by atoms with Gasteiger partial charge in [-0.1, -0.05) is 45.0 Å². The van der Waals surface area contributed by atoms with Gasteiger partial charge in [0.1, 0.15) is 12.1 Å². The summed E-state index contributed by atoms with van der Waals surface area (Å²) in [5, 5.41) is 16.0. The monoisotopic (exact) mass is 668 g/mol. The molecule has 4 rings (SSSR count). The number of likely N-dealkylation sites (tertiary alicyclic amines) is 1. The number of thiazole rings is 1. The van der Waals surface area contributed by atoms with E-state index in [1.807, 2.05) is 31.2 Å². The molecular weight excluding hydrogens is 627 g/mol. The smallest absolute Gasteiger partial charge is 0.264 e. The number of aromatic nitrogens is 1. The van der Waals surface area contributed by atoms with Crippen LogP contribution in [-0.2, 0) is 33.4 Å². The van der Waals surface area contributed by atoms with Gasteiger partial charge < -0.3 is 25.4 Å². The van der Waals surface area contributed by atoms with E-state index in [4.69, 9.17) is 8.92 Å². The molecule has 248 valence electrons. The standard InChI is InChI=1S/C30H41FN4O8S2/c1-18-24(44-17-32-18)20-8-6-19(7-9-20)22(16-42-12-13-43-45(5,40)41)33-26(37)23-14-21(36)15-35(23)27(38)25(29(2,3)4)34-28(39)30(31)10-11-30/h6-9,17,21-23,25,36H,10-16H2,1-5H3,(H,33,37)(H,34,39)/t21-,22+,23+,25-/m1/s1. The van der Waals surface area contributed by atoms with Crippen LogP contribution >= 0.6 is 11.3 Å². The fraction of sp³-hybridized carbons (Fsp3) is 0.600. The molecule has 3 amide bonds. The van der Waals surface area contributed by atoms with E-state index in [9.17, 15) is 32.3 Å². The molecule has 0 bridgehead atoms. The molecule has 0 radical (unpaired) electrons. The molecule has 1 aliphatic carbocycles. The first-order valence-corrected chi connectivity index (χ1v) is 17.4. The first-order valence-electron chi connectivity index (χ1n) is 14.7. The fourth-order valence-electron chi connectivity index (χ4n) is 5.10. The van der Waals surface area contributed by atoms with Gasteiger partial charge in [0.05, 0.1) is 54.3 Å². The zero-order chi connectivity index (χ0) is 33.2. The number of nitrogens with zero attached hydrogens (tertiary/aromatic N) is 2. The third-order valence-electron chi connectivity index (χ3n) is 7.80. The number of alkyl halides is 1. The Morgan fingerprint density at radius 1 is 1.18 bits per heavy atom. The van der Waals surface area contributed by atoms with Crippen molar-refractivity contribution in [3.63, 3.8) is 0 Å². The number of carbonyl (C=O) groups excluding carboxylic acids is 3. The molecular formula is C30H41FN4O8S2. The minimum Gasteiger partial charge on any atom is -0.391 e. The summed E-state index contributed by atoms with van der Waals surface area (Å²) >= 11 is 1.50. The molecule has 2 fully saturated rings. The number of ether oxygens (including phenoxy) is 1. The van der Waals surface area contributed by atoms with Crippen molar-refractivity contribution in [1.29, 1.82) is 0 Å². The van der Waals surface area contributed by atoms with Crippen LogP contribution in [0.15, 0.2) is 29.8 Å². The summed E-state index contributed by atoms with van der Waals surface area (Å²) in [6.07, 6.45) is 0.0943. The third kappa shape index (κ3) is 9.06. The van der Waals surface area contributed by atoms with Crippen LogP contribution in [-0.4, -0.2) is 97.6 Å². The first-order chi connectivity index (χ1) is 21.0. The molecule has 45 heavy (non-hydrogen) atoms. The quantitative estimate of drug-likeness (QED) is 0.215. The number of rotatable bonds is 13. The van der Waals surface area contributed by atoms with Crippen molar-refractivity contribution in [2.45, 2.75) is 76.9 Å². The van der Waals surface area contributed by atoms with Crippen molar-refractivity contribution in [1.82, 2.24) is 20.5 Å². The van der Waals surface area contributed by atoms with Gasteiger partial charge in [-0.05, 0) is 36.3 Å². The Balaban J connectivity index is 1.52. The van der Waals surface area contributed by atoms with Gasteiger partial charge in [0.15, 0.2) is 5.67 Å². The molecule has 0 spiro atoms. The lowest BCUT2D eigenvalue weighted by molar-refractivity contribution is -0.145. The van der Waals surface area contributed by atoms with Crippen LogP contribution in [0.2, 0.25) is 0 Å². The summed E-state index contributed by atoms with van der Waals surface area (Å²) < 4.78 is 47.5. The van der Waals surface area contributed by atoms with E-state index in [0.29, 0.717) is 5.56 Å². The summed E-state index contributed by atoms with van der Waals surface area (Å²) in [4.78, 5) is 46.6. The predicted octanol–water partition coefficient (Wildman–Crippen LogP) is 2.26. The highest BCUT2D eigenvalue weighted by Crippen LogP contribution is 2.40. The number of amides is 3. The lowest BCUT2D eigenvalue weighted by Gasteiger charge is -2.36. The van der Waals surface area contributed by atoms with E-state index in [1.165, 1.54) is 16.2 Å². The Bertz CT molecular complexity index is 1490. The van der Waals surface area contributed by atoms with Crippen LogP contribution in [0.3, 0.4) is 0 Å². The number of β-amino-alcohol motifs (C(OH)–C–C–N with tert-alkyl or cyclic N) is 1. The second-order valence-corrected chi connectivity index (χ2v) is 15.2. The highest BCUT2D eigenvalue weighted by Gasteiger charge is 2.53. The van der Waals surface area contributed by atoms with E-state index in [1.54, 1.807) is 26.3 Å². The number of carbonyl (C=O) groups is 3. The molecule has 1 saturated carbocycles. The first kappa shape index (κ1) is 34.9. The minimum absolute atomic E-state index is 0.0329.